The summed E-state index contributed by atoms with van der Waals surface area (Å²) in [6.07, 6.45) is 5.12. The second kappa shape index (κ2) is 9.93. The summed E-state index contributed by atoms with van der Waals surface area (Å²) < 4.78 is 11.3. The van der Waals surface area contributed by atoms with Gasteiger partial charge in [0, 0.05) is 0 Å². The van der Waals surface area contributed by atoms with E-state index in [0.717, 1.165) is 23.1 Å². The highest BCUT2D eigenvalue weighted by Crippen LogP contribution is 2.53. The average Bonchev–Trinajstić information content (AvgIpc) is 3.63. The number of imide groups is 1. The number of carbonyl (C=O) groups is 3. The van der Waals surface area contributed by atoms with E-state index in [4.69, 9.17) is 9.47 Å². The van der Waals surface area contributed by atoms with Crippen molar-refractivity contribution in [3.05, 3.63) is 108 Å². The summed E-state index contributed by atoms with van der Waals surface area (Å²) in [7, 11) is 0. The van der Waals surface area contributed by atoms with Crippen molar-refractivity contribution in [3.8, 4) is 5.75 Å². The van der Waals surface area contributed by atoms with E-state index in [9.17, 15) is 14.4 Å². The highest BCUT2D eigenvalue weighted by atomic mass is 16.5. The van der Waals surface area contributed by atoms with E-state index in [0.29, 0.717) is 24.7 Å². The van der Waals surface area contributed by atoms with Gasteiger partial charge in [0.1, 0.15) is 18.3 Å². The molecule has 2 aliphatic carbocycles. The Bertz CT molecular complexity index is 1350. The molecular weight excluding hydrogens is 478 g/mol. The lowest BCUT2D eigenvalue weighted by atomic mass is 9.85. The van der Waals surface area contributed by atoms with E-state index in [-0.39, 0.29) is 41.5 Å². The molecule has 2 bridgehead atoms. The molecule has 3 aromatic rings. The summed E-state index contributed by atoms with van der Waals surface area (Å²) in [5.41, 5.74) is 3.29. The van der Waals surface area contributed by atoms with E-state index in [1.807, 2.05) is 54.6 Å². The molecule has 0 aromatic heterocycles. The molecule has 2 fully saturated rings. The van der Waals surface area contributed by atoms with Crippen molar-refractivity contribution >= 4 is 23.5 Å². The minimum absolute atomic E-state index is 0.0813. The van der Waals surface area contributed by atoms with Gasteiger partial charge in [-0.05, 0) is 66.1 Å². The maximum atomic E-state index is 13.0. The van der Waals surface area contributed by atoms with Crippen molar-refractivity contribution in [1.29, 1.82) is 0 Å². The van der Waals surface area contributed by atoms with Crippen molar-refractivity contribution in [3.63, 3.8) is 0 Å². The molecule has 6 nitrogen and oxygen atoms in total. The van der Waals surface area contributed by atoms with E-state index in [2.05, 4.69) is 12.2 Å². The zero-order chi connectivity index (χ0) is 26.2. The quantitative estimate of drug-likeness (QED) is 0.236. The Labute approximate surface area is 221 Å². The molecule has 192 valence electrons. The molecule has 0 spiro atoms. The fraction of sp³-hybridized carbons (Fsp3) is 0.281. The highest BCUT2D eigenvalue weighted by molar-refractivity contribution is 6.22. The van der Waals surface area contributed by atoms with Crippen molar-refractivity contribution in [2.75, 3.05) is 11.5 Å². The number of allylic oxidation sites excluding steroid dienone is 2. The summed E-state index contributed by atoms with van der Waals surface area (Å²) in [4.78, 5) is 40.1. The lowest BCUT2D eigenvalue weighted by Gasteiger charge is -2.18. The summed E-state index contributed by atoms with van der Waals surface area (Å²) in [6, 6.07) is 24.5. The fourth-order valence-electron chi connectivity index (χ4n) is 6.16. The molecule has 6 rings (SSSR count). The number of hydrogen-bond acceptors (Lipinski definition) is 5. The van der Waals surface area contributed by atoms with Crippen LogP contribution in [0.1, 0.15) is 36.0 Å². The minimum atomic E-state index is -0.486. The first-order valence-corrected chi connectivity index (χ1v) is 13.1. The summed E-state index contributed by atoms with van der Waals surface area (Å²) in [5, 5.41) is 0. The Balaban J connectivity index is 1.11. The van der Waals surface area contributed by atoms with Gasteiger partial charge in [-0.15, -0.1) is 0 Å². The number of fused-ring (bicyclic) bond motifs is 5. The molecule has 6 heteroatoms. The molecular formula is C32H29NO5. The first-order chi connectivity index (χ1) is 18.5. The Kier molecular flexibility index (Phi) is 6.32. The Hall–Kier alpha value is -4.19. The maximum absolute atomic E-state index is 13.0. The Morgan fingerprint density at radius 3 is 2.05 bits per heavy atom. The number of benzene rings is 3. The van der Waals surface area contributed by atoms with Crippen molar-refractivity contribution in [1.82, 2.24) is 0 Å². The molecule has 3 aliphatic rings. The largest absolute Gasteiger partial charge is 0.489 e. The van der Waals surface area contributed by atoms with Crippen LogP contribution in [0.5, 0.6) is 5.75 Å². The van der Waals surface area contributed by atoms with Gasteiger partial charge in [-0.3, -0.25) is 19.3 Å². The van der Waals surface area contributed by atoms with Gasteiger partial charge in [-0.25, -0.2) is 0 Å². The number of ether oxygens (including phenoxy) is 2. The van der Waals surface area contributed by atoms with E-state index in [1.165, 1.54) is 4.90 Å². The molecule has 1 saturated carbocycles. The summed E-state index contributed by atoms with van der Waals surface area (Å²) in [5.74, 6) is -0.299. The normalized spacial score (nSPS) is 24.0. The first-order valence-electron chi connectivity index (χ1n) is 13.1. The second-order valence-electron chi connectivity index (χ2n) is 10.1. The van der Waals surface area contributed by atoms with Crippen LogP contribution >= 0.6 is 0 Å². The zero-order valence-corrected chi connectivity index (χ0v) is 21.2. The standard InChI is InChI=1S/C32H29NO5/c1-2-37-32(36)27(21-6-4-3-5-7-21)22-10-8-20(9-11-22)19-38-26-16-14-25(15-17-26)33-30(34)28-23-12-13-24(18-23)29(28)31(33)35/h3-17,23-24,27-29H,2,18-19H2,1H3. The third-order valence-electron chi connectivity index (χ3n) is 7.94. The monoisotopic (exact) mass is 507 g/mol. The highest BCUT2D eigenvalue weighted by Gasteiger charge is 2.59. The molecule has 38 heavy (non-hydrogen) atoms. The van der Waals surface area contributed by atoms with Gasteiger partial charge in [0.05, 0.1) is 24.1 Å². The Morgan fingerprint density at radius 1 is 0.842 bits per heavy atom. The summed E-state index contributed by atoms with van der Waals surface area (Å²) in [6.45, 7) is 2.47. The molecule has 1 heterocycles. The molecule has 1 saturated heterocycles. The summed E-state index contributed by atoms with van der Waals surface area (Å²) >= 11 is 0. The fourth-order valence-corrected chi connectivity index (χ4v) is 6.16. The van der Waals surface area contributed by atoms with Crippen LogP contribution in [-0.4, -0.2) is 24.4 Å². The lowest BCUT2D eigenvalue weighted by Crippen LogP contribution is -2.32. The topological polar surface area (TPSA) is 72.9 Å². The number of nitrogens with zero attached hydrogens (tertiary/aromatic N) is 1. The van der Waals surface area contributed by atoms with Crippen LogP contribution in [0.2, 0.25) is 0 Å². The third kappa shape index (κ3) is 4.20. The molecule has 5 atom stereocenters. The maximum Gasteiger partial charge on any atom is 0.317 e. The molecule has 0 radical (unpaired) electrons. The number of amides is 2. The van der Waals surface area contributed by atoms with Crippen LogP contribution in [0, 0.1) is 23.7 Å². The van der Waals surface area contributed by atoms with Gasteiger partial charge >= 0.3 is 5.97 Å². The number of rotatable bonds is 8. The number of hydrogen-bond donors (Lipinski definition) is 0. The zero-order valence-electron chi connectivity index (χ0n) is 21.2. The molecule has 2 amide bonds. The van der Waals surface area contributed by atoms with Crippen LogP contribution in [0.25, 0.3) is 0 Å². The van der Waals surface area contributed by atoms with Gasteiger partial charge in [0.2, 0.25) is 11.8 Å². The Morgan fingerprint density at radius 2 is 1.45 bits per heavy atom. The lowest BCUT2D eigenvalue weighted by molar-refractivity contribution is -0.143. The van der Waals surface area contributed by atoms with Crippen molar-refractivity contribution in [2.45, 2.75) is 25.9 Å². The molecule has 5 unspecified atom stereocenters. The van der Waals surface area contributed by atoms with Gasteiger partial charge in [0.25, 0.3) is 0 Å². The van der Waals surface area contributed by atoms with Gasteiger partial charge in [0.15, 0.2) is 0 Å². The van der Waals surface area contributed by atoms with Crippen LogP contribution < -0.4 is 9.64 Å². The SMILES string of the molecule is CCOC(=O)C(c1ccccc1)c1ccc(COc2ccc(N3C(=O)C4C5C=CC(C5)C4C3=O)cc2)cc1. The van der Waals surface area contributed by atoms with Crippen LogP contribution in [0.3, 0.4) is 0 Å². The van der Waals surface area contributed by atoms with Crippen LogP contribution in [-0.2, 0) is 25.7 Å². The predicted molar refractivity (Wildman–Crippen MR) is 142 cm³/mol. The number of esters is 1. The van der Waals surface area contributed by atoms with Crippen molar-refractivity contribution < 1.29 is 23.9 Å². The van der Waals surface area contributed by atoms with Gasteiger partial charge in [-0.2, -0.15) is 0 Å². The number of carbonyl (C=O) groups excluding carboxylic acids is 3. The van der Waals surface area contributed by atoms with E-state index >= 15 is 0 Å². The van der Waals surface area contributed by atoms with E-state index < -0.39 is 5.92 Å². The third-order valence-corrected chi connectivity index (χ3v) is 7.94. The molecule has 1 aliphatic heterocycles. The predicted octanol–water partition coefficient (Wildman–Crippen LogP) is 5.27. The van der Waals surface area contributed by atoms with Gasteiger partial charge in [-0.1, -0.05) is 66.7 Å². The first kappa shape index (κ1) is 24.2. The smallest absolute Gasteiger partial charge is 0.317 e. The van der Waals surface area contributed by atoms with Crippen LogP contribution in [0.4, 0.5) is 5.69 Å². The molecule has 3 aromatic carbocycles. The molecule has 0 N–H and O–H groups in total. The number of anilines is 1. The van der Waals surface area contributed by atoms with Crippen molar-refractivity contribution in [2.24, 2.45) is 23.7 Å². The van der Waals surface area contributed by atoms with Gasteiger partial charge < -0.3 is 9.47 Å². The average molecular weight is 508 g/mol. The second-order valence-corrected chi connectivity index (χ2v) is 10.1. The van der Waals surface area contributed by atoms with Crippen LogP contribution in [0.15, 0.2) is 91.0 Å². The minimum Gasteiger partial charge on any atom is -0.489 e. The van der Waals surface area contributed by atoms with E-state index in [1.54, 1.807) is 31.2 Å².